The van der Waals surface area contributed by atoms with Crippen LogP contribution in [0.4, 0.5) is 14.6 Å². The number of anilines is 1. The van der Waals surface area contributed by atoms with Crippen molar-refractivity contribution in [3.8, 4) is 22.5 Å². The molecule has 2 fully saturated rings. The minimum atomic E-state index is -0.676. The van der Waals surface area contributed by atoms with Gasteiger partial charge in [0.25, 0.3) is 0 Å². The first-order valence-corrected chi connectivity index (χ1v) is 11.8. The van der Waals surface area contributed by atoms with Crippen LogP contribution < -0.4 is 4.90 Å². The van der Waals surface area contributed by atoms with E-state index < -0.39 is 6.17 Å². The molecule has 2 aliphatic rings. The minimum Gasteiger partial charge on any atom is -0.355 e. The maximum Gasteiger partial charge on any atom is 0.155 e. The topological polar surface area (TPSA) is 49.6 Å². The van der Waals surface area contributed by atoms with Crippen LogP contribution in [-0.2, 0) is 0 Å². The van der Waals surface area contributed by atoms with E-state index in [0.717, 1.165) is 66.5 Å². The summed E-state index contributed by atoms with van der Waals surface area (Å²) in [7, 11) is 0. The van der Waals surface area contributed by atoms with Crippen molar-refractivity contribution in [1.82, 2.24) is 24.5 Å². The molecule has 0 N–H and O–H groups in total. The Labute approximate surface area is 196 Å². The van der Waals surface area contributed by atoms with Gasteiger partial charge in [0.15, 0.2) is 5.65 Å². The van der Waals surface area contributed by atoms with Crippen molar-refractivity contribution in [3.05, 3.63) is 66.7 Å². The van der Waals surface area contributed by atoms with E-state index in [0.29, 0.717) is 19.0 Å². The Morgan fingerprint density at radius 3 is 2.29 bits per heavy atom. The zero-order valence-corrected chi connectivity index (χ0v) is 18.8. The zero-order chi connectivity index (χ0) is 23.1. The molecule has 4 aromatic rings. The molecule has 0 aliphatic carbocycles. The van der Waals surface area contributed by atoms with Gasteiger partial charge >= 0.3 is 0 Å². The number of pyridine rings is 1. The highest BCUT2D eigenvalue weighted by Crippen LogP contribution is 2.33. The number of imidazole rings is 1. The fourth-order valence-corrected chi connectivity index (χ4v) is 5.20. The van der Waals surface area contributed by atoms with Crippen LogP contribution in [0.2, 0.25) is 0 Å². The van der Waals surface area contributed by atoms with Crippen LogP contribution in [-0.4, -0.2) is 62.9 Å². The number of likely N-dealkylation sites (tertiary alicyclic amines) is 1. The second-order valence-corrected chi connectivity index (χ2v) is 9.11. The largest absolute Gasteiger partial charge is 0.355 e. The second-order valence-electron chi connectivity index (χ2n) is 9.11. The molecule has 0 unspecified atom stereocenters. The predicted octanol–water partition coefficient (Wildman–Crippen LogP) is 4.61. The quantitative estimate of drug-likeness (QED) is 0.445. The number of rotatable bonds is 4. The van der Waals surface area contributed by atoms with E-state index in [1.54, 1.807) is 24.5 Å². The molecule has 2 aliphatic heterocycles. The lowest BCUT2D eigenvalue weighted by atomic mass is 10.0. The minimum absolute atomic E-state index is 0.280. The molecular formula is C26H26F2N6. The van der Waals surface area contributed by atoms with Gasteiger partial charge in [-0.1, -0.05) is 0 Å². The molecule has 8 heteroatoms. The van der Waals surface area contributed by atoms with E-state index in [-0.39, 0.29) is 5.82 Å². The van der Waals surface area contributed by atoms with Gasteiger partial charge in [0.1, 0.15) is 23.5 Å². The lowest BCUT2D eigenvalue weighted by molar-refractivity contribution is 0.191. The molecule has 0 radical (unpaired) electrons. The summed E-state index contributed by atoms with van der Waals surface area (Å²) in [6, 6.07) is 14.7. The summed E-state index contributed by atoms with van der Waals surface area (Å²) in [5, 5.41) is 4.99. The number of halogens is 2. The van der Waals surface area contributed by atoms with Crippen LogP contribution in [0.1, 0.15) is 19.3 Å². The van der Waals surface area contributed by atoms with Crippen LogP contribution in [0.25, 0.3) is 28.2 Å². The van der Waals surface area contributed by atoms with Gasteiger partial charge in [0.05, 0.1) is 5.69 Å². The van der Waals surface area contributed by atoms with Crippen LogP contribution >= 0.6 is 0 Å². The average Bonchev–Trinajstić information content (AvgIpc) is 3.48. The molecule has 0 bridgehead atoms. The lowest BCUT2D eigenvalue weighted by Crippen LogP contribution is -2.44. The first kappa shape index (κ1) is 21.2. The molecule has 6 nitrogen and oxygen atoms in total. The highest BCUT2D eigenvalue weighted by atomic mass is 19.1. The number of benzene rings is 1. The van der Waals surface area contributed by atoms with E-state index in [1.165, 1.54) is 12.1 Å². The van der Waals surface area contributed by atoms with E-state index in [4.69, 9.17) is 10.1 Å². The van der Waals surface area contributed by atoms with Crippen molar-refractivity contribution < 1.29 is 8.78 Å². The summed E-state index contributed by atoms with van der Waals surface area (Å²) < 4.78 is 29.1. The maximum atomic E-state index is 13.6. The number of hydrogen-bond acceptors (Lipinski definition) is 5. The van der Waals surface area contributed by atoms with E-state index in [1.807, 2.05) is 28.8 Å². The van der Waals surface area contributed by atoms with Crippen molar-refractivity contribution in [2.45, 2.75) is 31.5 Å². The summed E-state index contributed by atoms with van der Waals surface area (Å²) in [5.41, 5.74) is 4.12. The second kappa shape index (κ2) is 8.76. The number of piperidine rings is 1. The maximum absolute atomic E-state index is 13.6. The van der Waals surface area contributed by atoms with Gasteiger partial charge in [0, 0.05) is 55.7 Å². The van der Waals surface area contributed by atoms with E-state index in [9.17, 15) is 8.78 Å². The number of aromatic nitrogens is 4. The van der Waals surface area contributed by atoms with Gasteiger partial charge in [0.2, 0.25) is 0 Å². The fourth-order valence-electron chi connectivity index (χ4n) is 5.20. The summed E-state index contributed by atoms with van der Waals surface area (Å²) >= 11 is 0. The predicted molar refractivity (Wildman–Crippen MR) is 128 cm³/mol. The summed E-state index contributed by atoms with van der Waals surface area (Å²) in [5.74, 6) is 0.617. The number of fused-ring (bicyclic) bond motifs is 1. The Bertz CT molecular complexity index is 1280. The number of hydrogen-bond donors (Lipinski definition) is 0. The molecule has 0 saturated carbocycles. The van der Waals surface area contributed by atoms with Gasteiger partial charge in [-0.3, -0.25) is 9.88 Å². The standard InChI is InChI=1S/C26H26F2N6/c27-20-3-1-18(2-4-20)25-26(19-7-12-29-13-8-19)34-23(30-25)5-6-24(31-34)32-15-10-22(11-16-32)33-14-9-21(28)17-33/h1-8,12-13,21-22H,9-11,14-17H2/t21-/m1/s1. The number of nitrogens with zero attached hydrogens (tertiary/aromatic N) is 6. The van der Waals surface area contributed by atoms with Crippen molar-refractivity contribution in [3.63, 3.8) is 0 Å². The lowest BCUT2D eigenvalue weighted by Gasteiger charge is -2.37. The normalized spacial score (nSPS) is 19.8. The molecule has 5 heterocycles. The molecule has 1 atom stereocenters. The Morgan fingerprint density at radius 2 is 1.59 bits per heavy atom. The number of alkyl halides is 1. The van der Waals surface area contributed by atoms with Crippen LogP contribution in [0.5, 0.6) is 0 Å². The molecule has 6 rings (SSSR count). The van der Waals surface area contributed by atoms with E-state index in [2.05, 4.69) is 14.8 Å². The third kappa shape index (κ3) is 3.92. The highest BCUT2D eigenvalue weighted by Gasteiger charge is 2.31. The third-order valence-electron chi connectivity index (χ3n) is 7.00. The van der Waals surface area contributed by atoms with Crippen LogP contribution in [0.3, 0.4) is 0 Å². The first-order chi connectivity index (χ1) is 16.7. The fraction of sp³-hybridized carbons (Fsp3) is 0.346. The van der Waals surface area contributed by atoms with E-state index >= 15 is 0 Å². The van der Waals surface area contributed by atoms with Crippen LogP contribution in [0, 0.1) is 5.82 Å². The van der Waals surface area contributed by atoms with Crippen molar-refractivity contribution in [1.29, 1.82) is 0 Å². The molecule has 3 aromatic heterocycles. The highest BCUT2D eigenvalue weighted by molar-refractivity contribution is 5.81. The van der Waals surface area contributed by atoms with Crippen molar-refractivity contribution >= 4 is 11.5 Å². The zero-order valence-electron chi connectivity index (χ0n) is 18.8. The molecular weight excluding hydrogens is 434 g/mol. The van der Waals surface area contributed by atoms with Crippen molar-refractivity contribution in [2.24, 2.45) is 0 Å². The van der Waals surface area contributed by atoms with Gasteiger partial charge < -0.3 is 4.90 Å². The van der Waals surface area contributed by atoms with Crippen LogP contribution in [0.15, 0.2) is 60.9 Å². The Morgan fingerprint density at radius 1 is 0.824 bits per heavy atom. The van der Waals surface area contributed by atoms with Gasteiger partial charge in [-0.2, -0.15) is 0 Å². The van der Waals surface area contributed by atoms with Crippen molar-refractivity contribution in [2.75, 3.05) is 31.1 Å². The summed E-state index contributed by atoms with van der Waals surface area (Å²) in [6.45, 7) is 3.22. The SMILES string of the molecule is Fc1ccc(-c2nc3ccc(N4CCC(N5CC[C@@H](F)C5)CC4)nn3c2-c2ccncc2)cc1. The Hall–Kier alpha value is -3.39. The van der Waals surface area contributed by atoms with Gasteiger partial charge in [-0.15, -0.1) is 5.10 Å². The van der Waals surface area contributed by atoms with Gasteiger partial charge in [-0.05, 0) is 67.8 Å². The average molecular weight is 461 g/mol. The summed E-state index contributed by atoms with van der Waals surface area (Å²) in [4.78, 5) is 13.6. The molecule has 174 valence electrons. The van der Waals surface area contributed by atoms with Gasteiger partial charge in [-0.25, -0.2) is 18.3 Å². The molecule has 1 aromatic carbocycles. The molecule has 0 spiro atoms. The molecule has 2 saturated heterocycles. The monoisotopic (exact) mass is 460 g/mol. The smallest absolute Gasteiger partial charge is 0.155 e. The third-order valence-corrected chi connectivity index (χ3v) is 7.00. The molecule has 34 heavy (non-hydrogen) atoms. The first-order valence-electron chi connectivity index (χ1n) is 11.8. The summed E-state index contributed by atoms with van der Waals surface area (Å²) in [6.07, 6.45) is 5.50. The Balaban J connectivity index is 1.34. The molecule has 0 amide bonds. The Kier molecular flexibility index (Phi) is 5.45.